The lowest BCUT2D eigenvalue weighted by Gasteiger charge is -2.10. The van der Waals surface area contributed by atoms with E-state index < -0.39 is 12.2 Å². The van der Waals surface area contributed by atoms with Crippen LogP contribution in [0, 0.1) is 0 Å². The molecule has 0 spiro atoms. The molecule has 27 heavy (non-hydrogen) atoms. The molecule has 2 atom stereocenters. The minimum Gasteiger partial charge on any atom is -0.508 e. The molecule has 0 amide bonds. The molecule has 0 radical (unpaired) electrons. The normalized spacial score (nSPS) is 12.9. The minimum absolute atomic E-state index is 0.0342. The molecule has 1 aromatic rings. The highest BCUT2D eigenvalue weighted by molar-refractivity contribution is 5.31. The van der Waals surface area contributed by atoms with Crippen LogP contribution in [0.4, 0.5) is 0 Å². The average Bonchev–Trinajstić information content (AvgIpc) is 2.68. The molecule has 1 aromatic carbocycles. The van der Waals surface area contributed by atoms with E-state index in [1.807, 2.05) is 18.2 Å². The Morgan fingerprint density at radius 1 is 0.815 bits per heavy atom. The van der Waals surface area contributed by atoms with E-state index in [0.717, 1.165) is 12.0 Å². The van der Waals surface area contributed by atoms with Gasteiger partial charge in [0.05, 0.1) is 26.4 Å². The number of aromatic hydroxyl groups is 1. The van der Waals surface area contributed by atoms with Crippen molar-refractivity contribution in [2.75, 3.05) is 26.4 Å². The van der Waals surface area contributed by atoms with Crippen LogP contribution in [-0.4, -0.2) is 64.2 Å². The van der Waals surface area contributed by atoms with Crippen LogP contribution < -0.4 is 0 Å². The van der Waals surface area contributed by atoms with Gasteiger partial charge in [-0.3, -0.25) is 0 Å². The van der Waals surface area contributed by atoms with Gasteiger partial charge >= 0.3 is 0 Å². The van der Waals surface area contributed by atoms with Crippen molar-refractivity contribution in [1.82, 2.24) is 0 Å². The van der Waals surface area contributed by atoms with Crippen molar-refractivity contribution in [2.45, 2.75) is 70.5 Å². The zero-order valence-corrected chi connectivity index (χ0v) is 16.6. The molecule has 158 valence electrons. The highest BCUT2D eigenvalue weighted by Gasteiger charge is 2.05. The number of rotatable bonds is 14. The standard InChI is InChI=1S/C15H24O.C6H14O5/c1-2-3-4-5-6-7-8-11-14-12-9-10-13-15(14)16;7-1-5(9)3-11-4-6(10)2-8/h9-10,12-13,16H,2-8,11H2,1H3;5-10H,1-4H2. The van der Waals surface area contributed by atoms with Crippen molar-refractivity contribution in [1.29, 1.82) is 0 Å². The third-order valence-corrected chi connectivity index (χ3v) is 4.08. The molecular weight excluding hydrogens is 348 g/mol. The Balaban J connectivity index is 0.000000541. The zero-order valence-electron chi connectivity index (χ0n) is 16.6. The number of benzene rings is 1. The lowest BCUT2D eigenvalue weighted by atomic mass is 10.0. The highest BCUT2D eigenvalue weighted by Crippen LogP contribution is 2.18. The van der Waals surface area contributed by atoms with E-state index in [1.165, 1.54) is 44.9 Å². The Labute approximate surface area is 163 Å². The Morgan fingerprint density at radius 2 is 1.33 bits per heavy atom. The summed E-state index contributed by atoms with van der Waals surface area (Å²) in [6, 6.07) is 7.67. The summed E-state index contributed by atoms with van der Waals surface area (Å²) in [7, 11) is 0. The van der Waals surface area contributed by atoms with Gasteiger partial charge in [-0.1, -0.05) is 63.6 Å². The molecular formula is C21H38O6. The summed E-state index contributed by atoms with van der Waals surface area (Å²) in [6.07, 6.45) is 8.45. The van der Waals surface area contributed by atoms with Crippen molar-refractivity contribution in [3.63, 3.8) is 0 Å². The Morgan fingerprint density at radius 3 is 1.85 bits per heavy atom. The predicted molar refractivity (Wildman–Crippen MR) is 107 cm³/mol. The van der Waals surface area contributed by atoms with Crippen molar-refractivity contribution >= 4 is 0 Å². The Bertz CT molecular complexity index is 430. The summed E-state index contributed by atoms with van der Waals surface area (Å²) in [4.78, 5) is 0. The quantitative estimate of drug-likeness (QED) is 0.314. The van der Waals surface area contributed by atoms with E-state index in [1.54, 1.807) is 6.07 Å². The fourth-order valence-electron chi connectivity index (χ4n) is 2.44. The number of phenolic OH excluding ortho intramolecular Hbond substituents is 1. The van der Waals surface area contributed by atoms with Crippen molar-refractivity contribution < 1.29 is 30.3 Å². The van der Waals surface area contributed by atoms with Crippen LogP contribution in [0.25, 0.3) is 0 Å². The number of phenols is 1. The summed E-state index contributed by atoms with van der Waals surface area (Å²) in [5.74, 6) is 0.452. The topological polar surface area (TPSA) is 110 Å². The van der Waals surface area contributed by atoms with Crippen LogP contribution in [0.1, 0.15) is 57.4 Å². The number of aliphatic hydroxyl groups excluding tert-OH is 4. The number of hydrogen-bond donors (Lipinski definition) is 5. The van der Waals surface area contributed by atoms with Gasteiger partial charge in [0.25, 0.3) is 0 Å². The SMILES string of the molecule is CCCCCCCCCc1ccccc1O.OCC(O)COCC(O)CO. The Kier molecular flexibility index (Phi) is 17.4. The van der Waals surface area contributed by atoms with Crippen molar-refractivity contribution in [3.8, 4) is 5.75 Å². The maximum atomic E-state index is 9.58. The molecule has 0 saturated carbocycles. The van der Waals surface area contributed by atoms with Crippen LogP contribution >= 0.6 is 0 Å². The number of ether oxygens (including phenoxy) is 1. The second-order valence-corrected chi connectivity index (χ2v) is 6.71. The molecule has 0 heterocycles. The maximum absolute atomic E-state index is 9.58. The summed E-state index contributed by atoms with van der Waals surface area (Å²) in [5.41, 5.74) is 1.09. The first-order valence-electron chi connectivity index (χ1n) is 9.97. The van der Waals surface area contributed by atoms with Gasteiger partial charge in [-0.2, -0.15) is 0 Å². The molecule has 0 aliphatic rings. The van der Waals surface area contributed by atoms with Gasteiger partial charge < -0.3 is 30.3 Å². The van der Waals surface area contributed by atoms with Crippen LogP contribution in [0.2, 0.25) is 0 Å². The molecule has 0 aliphatic heterocycles. The zero-order chi connectivity index (χ0) is 20.3. The second-order valence-electron chi connectivity index (χ2n) is 6.71. The van der Waals surface area contributed by atoms with E-state index in [9.17, 15) is 5.11 Å². The smallest absolute Gasteiger partial charge is 0.118 e. The van der Waals surface area contributed by atoms with Crippen molar-refractivity contribution in [3.05, 3.63) is 29.8 Å². The van der Waals surface area contributed by atoms with Crippen molar-refractivity contribution in [2.24, 2.45) is 0 Å². The highest BCUT2D eigenvalue weighted by atomic mass is 16.5. The first-order valence-corrected chi connectivity index (χ1v) is 9.97. The van der Waals surface area contributed by atoms with Crippen LogP contribution in [0.5, 0.6) is 5.75 Å². The van der Waals surface area contributed by atoms with E-state index in [2.05, 4.69) is 6.92 Å². The molecule has 5 N–H and O–H groups in total. The first kappa shape index (κ1) is 25.8. The molecule has 6 heteroatoms. The third kappa shape index (κ3) is 15.6. The number of aliphatic hydroxyl groups is 4. The van der Waals surface area contributed by atoms with Gasteiger partial charge in [-0.15, -0.1) is 0 Å². The van der Waals surface area contributed by atoms with Gasteiger partial charge in [0.15, 0.2) is 0 Å². The molecule has 6 nitrogen and oxygen atoms in total. The summed E-state index contributed by atoms with van der Waals surface area (Å²) < 4.78 is 4.72. The predicted octanol–water partition coefficient (Wildman–Crippen LogP) is 2.39. The molecule has 0 saturated heterocycles. The number of aryl methyl sites for hydroxylation is 1. The van der Waals surface area contributed by atoms with E-state index in [0.29, 0.717) is 5.75 Å². The summed E-state index contributed by atoms with van der Waals surface area (Å²) in [6.45, 7) is 1.45. The number of para-hydroxylation sites is 1. The third-order valence-electron chi connectivity index (χ3n) is 4.08. The molecule has 1 rings (SSSR count). The van der Waals surface area contributed by atoms with Gasteiger partial charge in [-0.25, -0.2) is 0 Å². The maximum Gasteiger partial charge on any atom is 0.118 e. The lowest BCUT2D eigenvalue weighted by molar-refractivity contribution is -0.0364. The van der Waals surface area contributed by atoms with Crippen LogP contribution in [0.3, 0.4) is 0 Å². The largest absolute Gasteiger partial charge is 0.508 e. The monoisotopic (exact) mass is 386 g/mol. The Hall–Kier alpha value is -1.18. The van der Waals surface area contributed by atoms with E-state index in [4.69, 9.17) is 25.2 Å². The van der Waals surface area contributed by atoms with Gasteiger partial charge in [0.2, 0.25) is 0 Å². The lowest BCUT2D eigenvalue weighted by Crippen LogP contribution is -2.25. The number of unbranched alkanes of at least 4 members (excludes halogenated alkanes) is 6. The fraction of sp³-hybridized carbons (Fsp3) is 0.714. The molecule has 0 aliphatic carbocycles. The molecule has 0 bridgehead atoms. The first-order chi connectivity index (χ1) is 13.0. The molecule has 0 fully saturated rings. The van der Waals surface area contributed by atoms with Gasteiger partial charge in [0, 0.05) is 0 Å². The fourth-order valence-corrected chi connectivity index (χ4v) is 2.44. The molecule has 2 unspecified atom stereocenters. The van der Waals surface area contributed by atoms with E-state index in [-0.39, 0.29) is 26.4 Å². The number of hydrogen-bond acceptors (Lipinski definition) is 6. The van der Waals surface area contributed by atoms with Crippen LogP contribution in [0.15, 0.2) is 24.3 Å². The minimum atomic E-state index is -0.916. The van der Waals surface area contributed by atoms with Gasteiger partial charge in [0.1, 0.15) is 18.0 Å². The van der Waals surface area contributed by atoms with E-state index >= 15 is 0 Å². The van der Waals surface area contributed by atoms with Crippen LogP contribution in [-0.2, 0) is 11.2 Å². The van der Waals surface area contributed by atoms with Gasteiger partial charge in [-0.05, 0) is 24.5 Å². The summed E-state index contributed by atoms with van der Waals surface area (Å²) in [5, 5.41) is 43.7. The average molecular weight is 387 g/mol. The summed E-state index contributed by atoms with van der Waals surface area (Å²) >= 11 is 0. The molecule has 0 aromatic heterocycles. The second kappa shape index (κ2) is 18.2.